The van der Waals surface area contributed by atoms with E-state index in [1.165, 1.54) is 6.92 Å². The minimum atomic E-state index is -1.23. The Bertz CT molecular complexity index is 4160. The van der Waals surface area contributed by atoms with E-state index in [-0.39, 0.29) is 118 Å². The SMILES string of the molecule is CCCCCCCCC(C)(CCC)C1CC(=O)N(N[C@@H](CCCCNC(=O)CCOCCOCCOCCOCCOCCOCCOCCOCCOCCOCCOCCOCCN(O)O)C(=O)N[C@H](C(=O)N[C@@H](CCCNC(N)=O)C(=O)Nc2ccc(COC(=O)N3CCN(c4ccc(Nc5ncc6c(C)c(C(C)=O)c(=O)n(C7CCCC7)c6n5)nc4)CC3)cc2)C(C)C)C1=O. The molecule has 41 heteroatoms. The minimum Gasteiger partial charge on any atom is -0.445 e. The number of hydrogen-bond acceptors (Lipinski definition) is 32. The molecular weight excluding hydrogens is 1740 g/mol. The number of hydroxylamine groups is 2. The standard InChI is InChI=1S/C93H150N16O25/c1-8-10-11-12-13-17-32-93(7,31-9-2)76-64-81(112)109(88(76)116)104-78(22-16-18-33-95-80(111)30-40-122-42-44-124-46-48-126-50-52-128-54-56-130-58-60-132-62-63-133-61-59-131-57-55-129-53-51-127-49-47-125-45-43-123-41-39-107(120)121)86(114)102-83(68(3)4)87(115)100-77(23-19-34-96-90(94)118)85(113)99-72-26-24-71(25-27-72)67-134-92(119)106-37-35-105(36-38-106)74-28-29-79(97-65-74)101-91-98-66-75-69(5)82(70(6)110)89(117)108(84(75)103-91)73-20-14-15-21-73/h24-29,65-66,68,73,76-78,83,104,120-121H,8-23,30-64,67H2,1-7H3,(H,95,111)(H,99,113)(H,100,115)(H,102,114)(H3,94,96,118)(H,97,98,101,103)/t76?,77-,78-,83-,93?/m0/s1. The number of ketones is 1. The van der Waals surface area contributed by atoms with Gasteiger partial charge in [0.05, 0.1) is 188 Å². The van der Waals surface area contributed by atoms with Crippen LogP contribution in [0.1, 0.15) is 197 Å². The summed E-state index contributed by atoms with van der Waals surface area (Å²) in [6.07, 6.45) is 16.4. The number of pyridine rings is 2. The summed E-state index contributed by atoms with van der Waals surface area (Å²) in [5, 5.41) is 36.0. The summed E-state index contributed by atoms with van der Waals surface area (Å²) in [5.74, 6) is -3.84. The van der Waals surface area contributed by atoms with E-state index in [1.54, 1.807) is 73.0 Å². The van der Waals surface area contributed by atoms with Crippen molar-refractivity contribution < 1.29 is 115 Å². The predicted octanol–water partition coefficient (Wildman–Crippen LogP) is 7.79. The fourth-order valence-electron chi connectivity index (χ4n) is 15.9. The summed E-state index contributed by atoms with van der Waals surface area (Å²) in [6.45, 7) is 24.1. The molecule has 3 aliphatic rings. The number of carbonyl (C=O) groups is 9. The van der Waals surface area contributed by atoms with Crippen LogP contribution in [0.3, 0.4) is 0 Å². The number of hydrazine groups is 1. The summed E-state index contributed by atoms with van der Waals surface area (Å²) < 4.78 is 73.4. The van der Waals surface area contributed by atoms with Gasteiger partial charge in [-0.15, -0.1) is 0 Å². The number of nitrogens with one attached hydrogen (secondary N) is 7. The highest BCUT2D eigenvalue weighted by atomic mass is 16.8. The van der Waals surface area contributed by atoms with Crippen LogP contribution in [0.2, 0.25) is 0 Å². The number of hydrogen-bond donors (Lipinski definition) is 10. The number of imide groups is 1. The van der Waals surface area contributed by atoms with Crippen molar-refractivity contribution >= 4 is 87.5 Å². The normalized spacial score (nSPS) is 15.4. The van der Waals surface area contributed by atoms with Crippen LogP contribution in [-0.2, 0) is 97.0 Å². The second-order valence-electron chi connectivity index (χ2n) is 34.0. The zero-order chi connectivity index (χ0) is 96.5. The van der Waals surface area contributed by atoms with Gasteiger partial charge >= 0.3 is 12.1 Å². The van der Waals surface area contributed by atoms with Gasteiger partial charge in [-0.1, -0.05) is 110 Å². The highest BCUT2D eigenvalue weighted by Crippen LogP contribution is 2.44. The van der Waals surface area contributed by atoms with Gasteiger partial charge in [0.1, 0.15) is 36.2 Å². The molecular formula is C93H150N16O25. The maximum Gasteiger partial charge on any atom is 0.410 e. The van der Waals surface area contributed by atoms with Gasteiger partial charge in [0.25, 0.3) is 5.56 Å². The molecule has 1 saturated carbocycles. The number of ether oxygens (including phenoxy) is 13. The minimum absolute atomic E-state index is 0.000868. The van der Waals surface area contributed by atoms with E-state index in [9.17, 15) is 47.9 Å². The molecule has 1 aromatic carbocycles. The lowest BCUT2D eigenvalue weighted by Gasteiger charge is -2.35. The van der Waals surface area contributed by atoms with Gasteiger partial charge < -0.3 is 109 Å². The Morgan fingerprint density at radius 2 is 1.12 bits per heavy atom. The summed E-state index contributed by atoms with van der Waals surface area (Å²) in [4.78, 5) is 154. The topological polar surface area (TPSA) is 498 Å². The highest BCUT2D eigenvalue weighted by molar-refractivity contribution is 6.04. The smallest absolute Gasteiger partial charge is 0.410 e. The summed E-state index contributed by atoms with van der Waals surface area (Å²) in [6, 6.07) is 5.89. The van der Waals surface area contributed by atoms with Gasteiger partial charge in [0.15, 0.2) is 5.78 Å². The van der Waals surface area contributed by atoms with Crippen LogP contribution in [0.4, 0.5) is 32.7 Å². The van der Waals surface area contributed by atoms with Crippen molar-refractivity contribution in [1.29, 1.82) is 0 Å². The first-order valence-corrected chi connectivity index (χ1v) is 47.8. The summed E-state index contributed by atoms with van der Waals surface area (Å²) >= 11 is 0. The third kappa shape index (κ3) is 41.8. The number of primary amides is 1. The molecule has 4 aromatic rings. The van der Waals surface area contributed by atoms with E-state index in [0.717, 1.165) is 94.2 Å². The number of benzene rings is 1. The number of urea groups is 1. The molecule has 41 nitrogen and oxygen atoms in total. The van der Waals surface area contributed by atoms with Crippen LogP contribution < -0.4 is 53.5 Å². The molecule has 0 bridgehead atoms. The number of rotatable bonds is 74. The molecule has 5 heterocycles. The monoisotopic (exact) mass is 1890 g/mol. The first-order chi connectivity index (χ1) is 64.9. The number of Topliss-reactive ketones (excluding diaryl/α,β-unsaturated/α-hetero) is 1. The van der Waals surface area contributed by atoms with E-state index in [2.05, 4.69) is 73.0 Å². The molecule has 9 amide bonds. The lowest BCUT2D eigenvalue weighted by atomic mass is 9.69. The number of fused-ring (bicyclic) bond motifs is 1. The molecule has 1 aliphatic carbocycles. The molecule has 7 rings (SSSR count). The molecule has 2 unspecified atom stereocenters. The third-order valence-corrected chi connectivity index (χ3v) is 23.3. The van der Waals surface area contributed by atoms with Crippen LogP contribution in [-0.4, -0.2) is 321 Å². The van der Waals surface area contributed by atoms with Crippen LogP contribution in [0.5, 0.6) is 0 Å². The Labute approximate surface area is 786 Å². The number of amides is 9. The molecule has 11 N–H and O–H groups in total. The quantitative estimate of drug-likeness (QED) is 0.00872. The van der Waals surface area contributed by atoms with E-state index >= 15 is 0 Å². The van der Waals surface area contributed by atoms with Crippen molar-refractivity contribution in [3.05, 3.63) is 75.8 Å². The van der Waals surface area contributed by atoms with Gasteiger partial charge in [-0.05, 0) is 118 Å². The maximum absolute atomic E-state index is 14.8. The Kier molecular flexibility index (Phi) is 54.1. The first kappa shape index (κ1) is 112. The average molecular weight is 1890 g/mol. The second kappa shape index (κ2) is 64.8. The van der Waals surface area contributed by atoms with Crippen molar-refractivity contribution in [1.82, 2.24) is 61.3 Å². The fourth-order valence-corrected chi connectivity index (χ4v) is 15.9. The number of unbranched alkanes of at least 4 members (excludes halogenated alkanes) is 6. The molecule has 0 spiro atoms. The molecule has 752 valence electrons. The molecule has 134 heavy (non-hydrogen) atoms. The average Bonchev–Trinajstić information content (AvgIpc) is 0.795. The Morgan fingerprint density at radius 1 is 0.582 bits per heavy atom. The van der Waals surface area contributed by atoms with E-state index in [0.29, 0.717) is 211 Å². The van der Waals surface area contributed by atoms with Gasteiger partial charge in [0.2, 0.25) is 41.4 Å². The number of aryl methyl sites for hydroxylation is 1. The maximum atomic E-state index is 14.8. The first-order valence-electron chi connectivity index (χ1n) is 47.8. The van der Waals surface area contributed by atoms with Gasteiger partial charge in [-0.25, -0.2) is 30.0 Å². The highest BCUT2D eigenvalue weighted by Gasteiger charge is 2.49. The lowest BCUT2D eigenvalue weighted by Crippen LogP contribution is -2.59. The number of nitrogens with zero attached hydrogens (tertiary/aromatic N) is 8. The van der Waals surface area contributed by atoms with E-state index in [1.807, 2.05) is 6.07 Å². The third-order valence-electron chi connectivity index (χ3n) is 23.3. The van der Waals surface area contributed by atoms with Crippen molar-refractivity contribution in [2.75, 3.05) is 220 Å². The van der Waals surface area contributed by atoms with E-state index in [4.69, 9.17) is 82.7 Å². The van der Waals surface area contributed by atoms with Crippen molar-refractivity contribution in [3.63, 3.8) is 0 Å². The van der Waals surface area contributed by atoms with Crippen LogP contribution in [0.25, 0.3) is 11.0 Å². The van der Waals surface area contributed by atoms with Crippen LogP contribution >= 0.6 is 0 Å². The molecule has 2 saturated heterocycles. The molecule has 3 aromatic heterocycles. The lowest BCUT2D eigenvalue weighted by molar-refractivity contribution is -0.310. The number of carbonyl (C=O) groups excluding carboxylic acids is 9. The van der Waals surface area contributed by atoms with Gasteiger partial charge in [-0.3, -0.25) is 53.3 Å². The number of aromatic nitrogens is 4. The van der Waals surface area contributed by atoms with Crippen LogP contribution in [0, 0.1) is 24.2 Å². The number of anilines is 4. The Hall–Kier alpha value is -9.15. The summed E-state index contributed by atoms with van der Waals surface area (Å²) in [7, 11) is 0. The molecule has 2 aliphatic heterocycles. The summed E-state index contributed by atoms with van der Waals surface area (Å²) in [5.41, 5.74) is 10.6. The molecule has 5 atom stereocenters. The van der Waals surface area contributed by atoms with Crippen LogP contribution in [0.15, 0.2) is 53.6 Å². The zero-order valence-electron chi connectivity index (χ0n) is 79.8. The molecule has 0 radical (unpaired) electrons. The second-order valence-corrected chi connectivity index (χ2v) is 34.0. The largest absolute Gasteiger partial charge is 0.445 e. The Balaban J connectivity index is 0.785. The van der Waals surface area contributed by atoms with Crippen molar-refractivity contribution in [2.45, 2.75) is 208 Å². The van der Waals surface area contributed by atoms with Crippen molar-refractivity contribution in [3.8, 4) is 0 Å². The van der Waals surface area contributed by atoms with Crippen molar-refractivity contribution in [2.24, 2.45) is 23.0 Å². The Morgan fingerprint density at radius 3 is 1.64 bits per heavy atom. The van der Waals surface area contributed by atoms with E-state index < -0.39 is 77.0 Å². The zero-order valence-corrected chi connectivity index (χ0v) is 79.8. The number of piperazine rings is 1. The fraction of sp³-hybridized carbons (Fsp3) is 0.710. The molecule has 3 fully saturated rings. The number of nitrogens with two attached hydrogens (primary N) is 1. The van der Waals surface area contributed by atoms with Gasteiger partial charge in [0, 0.05) is 75.4 Å². The van der Waals surface area contributed by atoms with Gasteiger partial charge in [-0.2, -0.15) is 4.98 Å². The predicted molar refractivity (Wildman–Crippen MR) is 498 cm³/mol.